The molecule has 172 valence electrons. The summed E-state index contributed by atoms with van der Waals surface area (Å²) < 4.78 is 33.9. The largest absolute Gasteiger partial charge is 0.487 e. The molecule has 0 saturated carbocycles. The van der Waals surface area contributed by atoms with Crippen LogP contribution < -0.4 is 10.1 Å². The number of hydrogen-bond acceptors (Lipinski definition) is 4. The Morgan fingerprint density at radius 2 is 1.78 bits per heavy atom. The van der Waals surface area contributed by atoms with Crippen molar-refractivity contribution in [1.82, 2.24) is 9.62 Å². The SMILES string of the molecule is CCC1(CC)C[C@H](NC(=O)[C@@H]2CCCN(S(=O)(=O)c3ccccc3)C2)c2ccccc2O1. The smallest absolute Gasteiger partial charge is 0.243 e. The number of hydrogen-bond donors (Lipinski definition) is 1. The summed E-state index contributed by atoms with van der Waals surface area (Å²) in [5.41, 5.74) is 0.685. The van der Waals surface area contributed by atoms with Crippen molar-refractivity contribution in [3.63, 3.8) is 0 Å². The van der Waals surface area contributed by atoms with Crippen molar-refractivity contribution in [2.75, 3.05) is 13.1 Å². The van der Waals surface area contributed by atoms with Crippen LogP contribution in [-0.2, 0) is 14.8 Å². The quantitative estimate of drug-likeness (QED) is 0.704. The van der Waals surface area contributed by atoms with Crippen LogP contribution in [-0.4, -0.2) is 37.3 Å². The molecule has 1 amide bonds. The van der Waals surface area contributed by atoms with E-state index >= 15 is 0 Å². The van der Waals surface area contributed by atoms with Crippen LogP contribution in [0.2, 0.25) is 0 Å². The van der Waals surface area contributed by atoms with E-state index in [0.29, 0.717) is 25.8 Å². The van der Waals surface area contributed by atoms with E-state index in [1.165, 1.54) is 4.31 Å². The molecule has 6 nitrogen and oxygen atoms in total. The number of nitrogens with one attached hydrogen (secondary N) is 1. The molecule has 0 unspecified atom stereocenters. The molecular weight excluding hydrogens is 424 g/mol. The molecule has 2 aliphatic rings. The van der Waals surface area contributed by atoms with E-state index in [4.69, 9.17) is 4.74 Å². The number of ether oxygens (including phenoxy) is 1. The van der Waals surface area contributed by atoms with Gasteiger partial charge in [-0.1, -0.05) is 50.2 Å². The van der Waals surface area contributed by atoms with E-state index in [1.54, 1.807) is 30.3 Å². The molecule has 2 aromatic rings. The highest BCUT2D eigenvalue weighted by atomic mass is 32.2. The molecule has 0 bridgehead atoms. The Bertz CT molecular complexity index is 1050. The molecule has 2 aromatic carbocycles. The fourth-order valence-electron chi connectivity index (χ4n) is 4.84. The number of amides is 1. The van der Waals surface area contributed by atoms with Crippen molar-refractivity contribution in [2.45, 2.75) is 62.5 Å². The first-order valence-electron chi connectivity index (χ1n) is 11.5. The molecule has 2 heterocycles. The van der Waals surface area contributed by atoms with E-state index in [1.807, 2.05) is 24.3 Å². The second-order valence-electron chi connectivity index (χ2n) is 8.81. The maximum atomic E-state index is 13.3. The third-order valence-electron chi connectivity index (χ3n) is 6.94. The normalized spacial score (nSPS) is 23.1. The van der Waals surface area contributed by atoms with Crippen molar-refractivity contribution < 1.29 is 17.9 Å². The van der Waals surface area contributed by atoms with Crippen LogP contribution in [0.4, 0.5) is 0 Å². The van der Waals surface area contributed by atoms with Crippen molar-refractivity contribution in [3.05, 3.63) is 60.2 Å². The Morgan fingerprint density at radius 1 is 1.09 bits per heavy atom. The van der Waals surface area contributed by atoms with Crippen molar-refractivity contribution in [3.8, 4) is 5.75 Å². The Morgan fingerprint density at radius 3 is 2.50 bits per heavy atom. The average Bonchev–Trinajstić information content (AvgIpc) is 2.84. The van der Waals surface area contributed by atoms with Crippen molar-refractivity contribution in [1.29, 1.82) is 0 Å². The lowest BCUT2D eigenvalue weighted by Gasteiger charge is -2.42. The predicted molar refractivity (Wildman–Crippen MR) is 124 cm³/mol. The summed E-state index contributed by atoms with van der Waals surface area (Å²) >= 11 is 0. The van der Waals surface area contributed by atoms with E-state index in [0.717, 1.165) is 24.2 Å². The minimum absolute atomic E-state index is 0.0826. The summed E-state index contributed by atoms with van der Waals surface area (Å²) in [6.07, 6.45) is 3.78. The zero-order valence-corrected chi connectivity index (χ0v) is 19.6. The van der Waals surface area contributed by atoms with Gasteiger partial charge in [0, 0.05) is 25.1 Å². The highest BCUT2D eigenvalue weighted by molar-refractivity contribution is 7.89. The third-order valence-corrected chi connectivity index (χ3v) is 8.82. The van der Waals surface area contributed by atoms with Crippen molar-refractivity contribution in [2.24, 2.45) is 5.92 Å². The number of carbonyl (C=O) groups excluding carboxylic acids is 1. The molecule has 2 atom stereocenters. The van der Waals surface area contributed by atoms with Gasteiger partial charge in [0.25, 0.3) is 0 Å². The molecule has 7 heteroatoms. The number of benzene rings is 2. The number of carbonyl (C=O) groups is 1. The van der Waals surface area contributed by atoms with E-state index in [2.05, 4.69) is 19.2 Å². The molecule has 4 rings (SSSR count). The molecule has 0 spiro atoms. The molecule has 1 fully saturated rings. The number of nitrogens with zero attached hydrogens (tertiary/aromatic N) is 1. The molecule has 0 aliphatic carbocycles. The first kappa shape index (κ1) is 22.8. The molecule has 1 saturated heterocycles. The van der Waals surface area contributed by atoms with Crippen LogP contribution in [0.5, 0.6) is 5.75 Å². The van der Waals surface area contributed by atoms with Crippen LogP contribution in [0.25, 0.3) is 0 Å². The Labute approximate surface area is 191 Å². The summed E-state index contributed by atoms with van der Waals surface area (Å²) in [4.78, 5) is 13.6. The molecule has 0 radical (unpaired) electrons. The second kappa shape index (κ2) is 9.24. The lowest BCUT2D eigenvalue weighted by molar-refractivity contribution is -0.127. The van der Waals surface area contributed by atoms with Crippen LogP contribution in [0.15, 0.2) is 59.5 Å². The summed E-state index contributed by atoms with van der Waals surface area (Å²) in [6.45, 7) is 4.88. The van der Waals surface area contributed by atoms with Gasteiger partial charge < -0.3 is 10.1 Å². The highest BCUT2D eigenvalue weighted by Gasteiger charge is 2.40. The number of fused-ring (bicyclic) bond motifs is 1. The van der Waals surface area contributed by atoms with Gasteiger partial charge in [-0.05, 0) is 43.9 Å². The van der Waals surface area contributed by atoms with Crippen molar-refractivity contribution >= 4 is 15.9 Å². The maximum absolute atomic E-state index is 13.3. The van der Waals surface area contributed by atoms with E-state index in [-0.39, 0.29) is 34.9 Å². The number of rotatable bonds is 6. The minimum atomic E-state index is -3.60. The topological polar surface area (TPSA) is 75.7 Å². The van der Waals surface area contributed by atoms with E-state index < -0.39 is 10.0 Å². The Hall–Kier alpha value is -2.38. The summed E-state index contributed by atoms with van der Waals surface area (Å²) in [6, 6.07) is 16.2. The van der Waals surface area contributed by atoms with Gasteiger partial charge >= 0.3 is 0 Å². The predicted octanol–water partition coefficient (Wildman–Crippen LogP) is 4.29. The van der Waals surface area contributed by atoms with Crippen LogP contribution in [0.1, 0.15) is 57.6 Å². The fraction of sp³-hybridized carbons (Fsp3) is 0.480. The lowest BCUT2D eigenvalue weighted by atomic mass is 9.83. The van der Waals surface area contributed by atoms with Gasteiger partial charge in [0.1, 0.15) is 11.4 Å². The van der Waals surface area contributed by atoms with Gasteiger partial charge in [-0.25, -0.2) is 8.42 Å². The van der Waals surface area contributed by atoms with Gasteiger partial charge in [0.2, 0.25) is 15.9 Å². The lowest BCUT2D eigenvalue weighted by Crippen LogP contribution is -2.49. The van der Waals surface area contributed by atoms with Gasteiger partial charge in [-0.3, -0.25) is 4.79 Å². The van der Waals surface area contributed by atoms with Gasteiger partial charge in [0.05, 0.1) is 16.9 Å². The van der Waals surface area contributed by atoms with Crippen LogP contribution >= 0.6 is 0 Å². The monoisotopic (exact) mass is 456 g/mol. The van der Waals surface area contributed by atoms with Gasteiger partial charge in [0.15, 0.2) is 0 Å². The minimum Gasteiger partial charge on any atom is -0.487 e. The zero-order valence-electron chi connectivity index (χ0n) is 18.8. The number of para-hydroxylation sites is 1. The maximum Gasteiger partial charge on any atom is 0.243 e. The summed E-state index contributed by atoms with van der Waals surface area (Å²) in [7, 11) is -3.60. The first-order chi connectivity index (χ1) is 15.4. The fourth-order valence-corrected chi connectivity index (χ4v) is 6.38. The number of piperidine rings is 1. The zero-order chi connectivity index (χ0) is 22.8. The van der Waals surface area contributed by atoms with E-state index in [9.17, 15) is 13.2 Å². The molecule has 32 heavy (non-hydrogen) atoms. The summed E-state index contributed by atoms with van der Waals surface area (Å²) in [5, 5.41) is 3.24. The highest BCUT2D eigenvalue weighted by Crippen LogP contribution is 2.42. The first-order valence-corrected chi connectivity index (χ1v) is 13.0. The molecule has 1 N–H and O–H groups in total. The Balaban J connectivity index is 1.51. The second-order valence-corrected chi connectivity index (χ2v) is 10.7. The summed E-state index contributed by atoms with van der Waals surface area (Å²) in [5.74, 6) is 0.375. The Kier molecular flexibility index (Phi) is 6.58. The molecule has 2 aliphatic heterocycles. The number of sulfonamides is 1. The van der Waals surface area contributed by atoms with Gasteiger partial charge in [-0.15, -0.1) is 0 Å². The standard InChI is InChI=1S/C25H32N2O4S/c1-3-25(4-2)17-22(21-14-8-9-15-23(21)31-25)26-24(28)19-11-10-16-27(18-19)32(29,30)20-12-6-5-7-13-20/h5-9,12-15,19,22H,3-4,10-11,16-18H2,1-2H3,(H,26,28)/t19-,22+/m1/s1. The van der Waals surface area contributed by atoms with Gasteiger partial charge in [-0.2, -0.15) is 4.31 Å². The third kappa shape index (κ3) is 4.41. The molecule has 0 aromatic heterocycles. The van der Waals surface area contributed by atoms with Crippen LogP contribution in [0, 0.1) is 5.92 Å². The average molecular weight is 457 g/mol. The molecular formula is C25H32N2O4S. The van der Waals surface area contributed by atoms with Crippen LogP contribution in [0.3, 0.4) is 0 Å².